The van der Waals surface area contributed by atoms with Crippen molar-refractivity contribution in [3.63, 3.8) is 0 Å². The molecule has 1 saturated heterocycles. The monoisotopic (exact) mass is 392 g/mol. The third-order valence-electron chi connectivity index (χ3n) is 5.08. The summed E-state index contributed by atoms with van der Waals surface area (Å²) in [5, 5.41) is 10.8. The van der Waals surface area contributed by atoms with Crippen molar-refractivity contribution in [2.75, 3.05) is 17.2 Å². The van der Waals surface area contributed by atoms with Crippen LogP contribution in [0.4, 0.5) is 17.5 Å². The first-order valence-electron chi connectivity index (χ1n) is 9.80. The first-order chi connectivity index (χ1) is 14.0. The molecular weight excluding hydrogens is 368 g/mol. The van der Waals surface area contributed by atoms with E-state index in [1.165, 1.54) is 0 Å². The predicted octanol–water partition coefficient (Wildman–Crippen LogP) is 2.55. The van der Waals surface area contributed by atoms with Crippen molar-refractivity contribution >= 4 is 34.1 Å². The number of carbonyl (C=O) groups excluding carboxylic acids is 1. The molecule has 0 unspecified atom stereocenters. The number of aromatic nitrogens is 3. The summed E-state index contributed by atoms with van der Waals surface area (Å²) >= 11 is 0. The summed E-state index contributed by atoms with van der Waals surface area (Å²) < 4.78 is 1.66. The van der Waals surface area contributed by atoms with Gasteiger partial charge in [-0.05, 0) is 55.5 Å². The van der Waals surface area contributed by atoms with Gasteiger partial charge in [-0.1, -0.05) is 0 Å². The highest BCUT2D eigenvalue weighted by molar-refractivity contribution is 5.93. The van der Waals surface area contributed by atoms with E-state index in [0.29, 0.717) is 48.8 Å². The highest BCUT2D eigenvalue weighted by Crippen LogP contribution is 2.25. The Bertz CT molecular complexity index is 1110. The van der Waals surface area contributed by atoms with Gasteiger partial charge in [0.15, 0.2) is 0 Å². The minimum absolute atomic E-state index is 0.0189. The van der Waals surface area contributed by atoms with Crippen molar-refractivity contribution in [1.82, 2.24) is 19.9 Å². The molecule has 29 heavy (non-hydrogen) atoms. The average molecular weight is 392 g/mol. The van der Waals surface area contributed by atoms with Crippen LogP contribution in [0.2, 0.25) is 0 Å². The molecule has 3 aromatic rings. The molecule has 1 fully saturated rings. The number of aryl methyl sites for hydroxylation is 2. The molecule has 150 valence electrons. The number of amides is 1. The minimum atomic E-state index is -0.0833. The molecule has 0 aliphatic carbocycles. The van der Waals surface area contributed by atoms with E-state index < -0.39 is 0 Å². The number of fused-ring (bicyclic) bond motifs is 1. The Balaban J connectivity index is 1.76. The van der Waals surface area contributed by atoms with Gasteiger partial charge in [-0.15, -0.1) is 0 Å². The second-order valence-electron chi connectivity index (χ2n) is 7.25. The normalized spacial score (nSPS) is 16.5. The summed E-state index contributed by atoms with van der Waals surface area (Å²) in [6.07, 6.45) is 4.69. The zero-order valence-electron chi connectivity index (χ0n) is 16.5. The summed E-state index contributed by atoms with van der Waals surface area (Å²) in [7, 11) is 0. The molecule has 0 bridgehead atoms. The number of carbonyl (C=O) groups is 1. The van der Waals surface area contributed by atoms with E-state index in [2.05, 4.69) is 25.9 Å². The second kappa shape index (κ2) is 7.90. The van der Waals surface area contributed by atoms with Crippen LogP contribution in [0, 0.1) is 6.92 Å². The molecule has 4 heterocycles. The fourth-order valence-corrected chi connectivity index (χ4v) is 3.51. The Morgan fingerprint density at radius 1 is 1.24 bits per heavy atom. The fraction of sp³-hybridized carbons (Fsp3) is 0.333. The zero-order valence-corrected chi connectivity index (χ0v) is 16.5. The Labute approximate surface area is 168 Å². The highest BCUT2D eigenvalue weighted by Gasteiger charge is 2.20. The van der Waals surface area contributed by atoms with Gasteiger partial charge in [0.05, 0.1) is 5.39 Å². The van der Waals surface area contributed by atoms with Gasteiger partial charge < -0.3 is 20.5 Å². The van der Waals surface area contributed by atoms with Crippen LogP contribution < -0.4 is 21.5 Å². The number of nitrogens with zero attached hydrogens (tertiary/aromatic N) is 3. The summed E-state index contributed by atoms with van der Waals surface area (Å²) in [5.74, 6) is 1.86. The summed E-state index contributed by atoms with van der Waals surface area (Å²) in [4.78, 5) is 33.5. The lowest BCUT2D eigenvalue weighted by Gasteiger charge is -2.25. The number of pyridine rings is 3. The van der Waals surface area contributed by atoms with Crippen molar-refractivity contribution in [2.24, 2.45) is 0 Å². The van der Waals surface area contributed by atoms with Crippen molar-refractivity contribution < 1.29 is 4.79 Å². The van der Waals surface area contributed by atoms with Gasteiger partial charge in [-0.25, -0.2) is 9.97 Å². The highest BCUT2D eigenvalue weighted by atomic mass is 16.1. The molecule has 1 aliphatic heterocycles. The average Bonchev–Trinajstić information content (AvgIpc) is 2.70. The Kier molecular flexibility index (Phi) is 5.16. The topological polar surface area (TPSA) is 101 Å². The van der Waals surface area contributed by atoms with Gasteiger partial charge in [-0.3, -0.25) is 9.59 Å². The van der Waals surface area contributed by atoms with Crippen molar-refractivity contribution in [2.45, 2.75) is 39.3 Å². The molecule has 1 amide bonds. The maximum absolute atomic E-state index is 13.0. The van der Waals surface area contributed by atoms with Crippen LogP contribution in [0.3, 0.4) is 0 Å². The first kappa shape index (κ1) is 18.9. The third kappa shape index (κ3) is 4.06. The summed E-state index contributed by atoms with van der Waals surface area (Å²) in [5.41, 5.74) is 1.01. The SMILES string of the molecule is CCn1ccc2cc(Nc3cc(C)ccn3)nc(N[C@@H]3CCC(=O)NC3)c2c1=O. The van der Waals surface area contributed by atoms with Crippen molar-refractivity contribution in [3.05, 3.63) is 52.6 Å². The number of rotatable bonds is 5. The number of nitrogens with one attached hydrogen (secondary N) is 3. The quantitative estimate of drug-likeness (QED) is 0.617. The lowest BCUT2D eigenvalue weighted by molar-refractivity contribution is -0.122. The van der Waals surface area contributed by atoms with Gasteiger partial charge in [0.25, 0.3) is 5.56 Å². The molecule has 0 radical (unpaired) electrons. The number of anilines is 3. The molecule has 0 saturated carbocycles. The van der Waals surface area contributed by atoms with E-state index in [1.807, 2.05) is 38.1 Å². The molecule has 4 rings (SSSR count). The number of hydrogen-bond donors (Lipinski definition) is 3. The smallest absolute Gasteiger partial charge is 0.262 e. The molecule has 3 N–H and O–H groups in total. The van der Waals surface area contributed by atoms with E-state index in [0.717, 1.165) is 10.9 Å². The summed E-state index contributed by atoms with van der Waals surface area (Å²) in [6.45, 7) is 5.02. The van der Waals surface area contributed by atoms with Gasteiger partial charge in [0.2, 0.25) is 5.91 Å². The fourth-order valence-electron chi connectivity index (χ4n) is 3.51. The van der Waals surface area contributed by atoms with E-state index in [1.54, 1.807) is 17.0 Å². The van der Waals surface area contributed by atoms with E-state index >= 15 is 0 Å². The van der Waals surface area contributed by atoms with Crippen molar-refractivity contribution in [3.8, 4) is 0 Å². The lowest BCUT2D eigenvalue weighted by atomic mass is 10.1. The standard InChI is InChI=1S/C21H24N6O2/c1-3-27-9-7-14-11-17(25-16-10-13(2)6-8-22-16)26-20(19(14)21(27)29)24-15-4-5-18(28)23-12-15/h6-11,15H,3-5,12H2,1-2H3,(H,23,28)(H2,22,24,25,26)/t15-/m1/s1. The molecule has 3 aromatic heterocycles. The van der Waals surface area contributed by atoms with Crippen LogP contribution in [0.15, 0.2) is 41.5 Å². The van der Waals surface area contributed by atoms with E-state index in [-0.39, 0.29) is 17.5 Å². The van der Waals surface area contributed by atoms with Crippen LogP contribution in [-0.2, 0) is 11.3 Å². The zero-order chi connectivity index (χ0) is 20.4. The molecule has 1 aliphatic rings. The summed E-state index contributed by atoms with van der Waals surface area (Å²) in [6, 6.07) is 7.66. The second-order valence-corrected chi connectivity index (χ2v) is 7.25. The Hall–Kier alpha value is -3.42. The van der Waals surface area contributed by atoms with Crippen molar-refractivity contribution in [1.29, 1.82) is 0 Å². The molecule has 0 aromatic carbocycles. The maximum Gasteiger partial charge on any atom is 0.262 e. The Morgan fingerprint density at radius 3 is 2.83 bits per heavy atom. The molecule has 0 spiro atoms. The number of hydrogen-bond acceptors (Lipinski definition) is 6. The van der Waals surface area contributed by atoms with Crippen LogP contribution in [0.25, 0.3) is 10.8 Å². The van der Waals surface area contributed by atoms with E-state index in [9.17, 15) is 9.59 Å². The molecule has 8 nitrogen and oxygen atoms in total. The molecular formula is C21H24N6O2. The number of piperidine rings is 1. The Morgan fingerprint density at radius 2 is 2.10 bits per heavy atom. The minimum Gasteiger partial charge on any atom is -0.365 e. The van der Waals surface area contributed by atoms with Crippen LogP contribution in [0.1, 0.15) is 25.3 Å². The molecule has 8 heteroatoms. The largest absolute Gasteiger partial charge is 0.365 e. The first-order valence-corrected chi connectivity index (χ1v) is 9.80. The van der Waals surface area contributed by atoms with Crippen LogP contribution in [-0.4, -0.2) is 33.0 Å². The van der Waals surface area contributed by atoms with Crippen LogP contribution >= 0.6 is 0 Å². The van der Waals surface area contributed by atoms with E-state index in [4.69, 9.17) is 0 Å². The molecule has 1 atom stereocenters. The van der Waals surface area contributed by atoms with Gasteiger partial charge in [-0.2, -0.15) is 0 Å². The lowest BCUT2D eigenvalue weighted by Crippen LogP contribution is -2.42. The third-order valence-corrected chi connectivity index (χ3v) is 5.08. The maximum atomic E-state index is 13.0. The van der Waals surface area contributed by atoms with Gasteiger partial charge in [0, 0.05) is 37.9 Å². The van der Waals surface area contributed by atoms with Crippen LogP contribution in [0.5, 0.6) is 0 Å². The van der Waals surface area contributed by atoms with Gasteiger partial charge >= 0.3 is 0 Å². The predicted molar refractivity (Wildman–Crippen MR) is 114 cm³/mol. The van der Waals surface area contributed by atoms with Gasteiger partial charge in [0.1, 0.15) is 17.5 Å².